The van der Waals surface area contributed by atoms with E-state index in [2.05, 4.69) is 10.4 Å². The highest BCUT2D eigenvalue weighted by Gasteiger charge is 2.55. The molecule has 0 radical (unpaired) electrons. The van der Waals surface area contributed by atoms with Crippen molar-refractivity contribution in [3.63, 3.8) is 0 Å². The quantitative estimate of drug-likeness (QED) is 0.697. The number of hydrogen-bond acceptors (Lipinski definition) is 5. The molecule has 7 heteroatoms. The highest BCUT2D eigenvalue weighted by molar-refractivity contribution is 6.08. The average Bonchev–Trinajstić information content (AvgIpc) is 3.15. The Morgan fingerprint density at radius 3 is 2.58 bits per heavy atom. The molecule has 4 aliphatic carbocycles. The van der Waals surface area contributed by atoms with Gasteiger partial charge in [-0.15, -0.1) is 0 Å². The maximum absolute atomic E-state index is 13.2. The van der Waals surface area contributed by atoms with Crippen LogP contribution in [0.1, 0.15) is 64.1 Å². The van der Waals surface area contributed by atoms with Gasteiger partial charge in [-0.1, -0.05) is 6.07 Å². The molecule has 2 unspecified atom stereocenters. The number of methoxy groups -OCH3 is 1. The molecular weight excluding hydrogens is 394 g/mol. The lowest BCUT2D eigenvalue weighted by Crippen LogP contribution is -2.61. The summed E-state index contributed by atoms with van der Waals surface area (Å²) in [7, 11) is 3.31. The molecule has 31 heavy (non-hydrogen) atoms. The third-order valence-electron chi connectivity index (χ3n) is 7.50. The highest BCUT2D eigenvalue weighted by atomic mass is 16.5. The van der Waals surface area contributed by atoms with Crippen molar-refractivity contribution in [1.82, 2.24) is 15.1 Å². The second-order valence-corrected chi connectivity index (χ2v) is 9.67. The zero-order valence-corrected chi connectivity index (χ0v) is 18.0. The fourth-order valence-corrected chi connectivity index (χ4v) is 6.42. The number of aliphatic hydroxyl groups is 1. The molecule has 4 saturated carbocycles. The van der Waals surface area contributed by atoms with E-state index < -0.39 is 5.60 Å². The molecule has 1 aromatic heterocycles. The van der Waals surface area contributed by atoms with E-state index in [1.54, 1.807) is 49.3 Å². The van der Waals surface area contributed by atoms with Gasteiger partial charge in [0.25, 0.3) is 5.91 Å². The number of amides is 1. The number of nitrogens with zero attached hydrogens (tertiary/aromatic N) is 2. The second kappa shape index (κ2) is 7.57. The van der Waals surface area contributed by atoms with E-state index in [1.165, 1.54) is 0 Å². The average molecular weight is 424 g/mol. The third kappa shape index (κ3) is 3.59. The number of nitrogens with one attached hydrogen (secondary N) is 1. The van der Waals surface area contributed by atoms with Crippen molar-refractivity contribution in [2.24, 2.45) is 24.8 Å². The molecule has 6 rings (SSSR count). The molecule has 2 atom stereocenters. The van der Waals surface area contributed by atoms with Crippen LogP contribution < -0.4 is 5.32 Å². The minimum absolute atomic E-state index is 0.107. The Hall–Kier alpha value is -2.51. The molecule has 4 aliphatic rings. The minimum Gasteiger partial charge on any atom is -0.390 e. The first-order chi connectivity index (χ1) is 14.9. The van der Waals surface area contributed by atoms with Crippen LogP contribution in [0.25, 0.3) is 0 Å². The molecule has 1 amide bonds. The van der Waals surface area contributed by atoms with Crippen LogP contribution >= 0.6 is 0 Å². The van der Waals surface area contributed by atoms with Gasteiger partial charge < -0.3 is 15.2 Å². The highest BCUT2D eigenvalue weighted by Crippen LogP contribution is 2.55. The SMILES string of the molecule is COCc1cc(C(=O)c2ccnn2C)ccc1C(=O)NC1C2CC3CC1CC(O)(C3)C2. The first-order valence-corrected chi connectivity index (χ1v) is 11.0. The zero-order chi connectivity index (χ0) is 21.8. The number of carbonyl (C=O) groups is 2. The van der Waals surface area contributed by atoms with Crippen molar-refractivity contribution in [1.29, 1.82) is 0 Å². The molecule has 164 valence electrons. The first-order valence-electron chi connectivity index (χ1n) is 11.0. The predicted molar refractivity (Wildman–Crippen MR) is 114 cm³/mol. The standard InChI is InChI=1S/C24H29N3O4/c1-27-20(5-6-25-27)22(28)15-3-4-19(18(9-15)13-31-2)23(29)26-21-16-7-14-8-17(21)12-24(30,10-14)11-16/h3-6,9,14,16-17,21,30H,7-8,10-13H2,1-2H3,(H,26,29). The van der Waals surface area contributed by atoms with Gasteiger partial charge in [-0.2, -0.15) is 5.10 Å². The maximum Gasteiger partial charge on any atom is 0.251 e. The molecule has 4 bridgehead atoms. The van der Waals surface area contributed by atoms with Gasteiger partial charge in [-0.25, -0.2) is 0 Å². The minimum atomic E-state index is -0.521. The Labute approximate surface area is 181 Å². The molecule has 0 saturated heterocycles. The normalized spacial score (nSPS) is 31.1. The van der Waals surface area contributed by atoms with Crippen molar-refractivity contribution in [3.8, 4) is 0 Å². The lowest BCUT2D eigenvalue weighted by Gasteiger charge is -2.58. The van der Waals surface area contributed by atoms with Gasteiger partial charge in [-0.3, -0.25) is 14.3 Å². The number of ketones is 1. The van der Waals surface area contributed by atoms with Gasteiger partial charge in [0, 0.05) is 37.5 Å². The van der Waals surface area contributed by atoms with Gasteiger partial charge in [0.05, 0.1) is 12.2 Å². The summed E-state index contributed by atoms with van der Waals surface area (Å²) < 4.78 is 6.86. The molecule has 2 aromatic rings. The molecule has 7 nitrogen and oxygen atoms in total. The van der Waals surface area contributed by atoms with E-state index in [-0.39, 0.29) is 24.3 Å². The van der Waals surface area contributed by atoms with Crippen molar-refractivity contribution in [2.45, 2.75) is 50.4 Å². The van der Waals surface area contributed by atoms with Crippen LogP contribution in [0.15, 0.2) is 30.5 Å². The Bertz CT molecular complexity index is 1010. The summed E-state index contributed by atoms with van der Waals surface area (Å²) in [5.41, 5.74) is 1.70. The van der Waals surface area contributed by atoms with Crippen molar-refractivity contribution in [2.75, 3.05) is 7.11 Å². The van der Waals surface area contributed by atoms with Crippen LogP contribution in [-0.2, 0) is 18.4 Å². The number of benzene rings is 1. The van der Waals surface area contributed by atoms with Gasteiger partial charge in [0.15, 0.2) is 0 Å². The summed E-state index contributed by atoms with van der Waals surface area (Å²) in [6.07, 6.45) is 6.26. The number of ether oxygens (including phenoxy) is 1. The summed E-state index contributed by atoms with van der Waals surface area (Å²) in [6.45, 7) is 0.245. The molecule has 0 aliphatic heterocycles. The second-order valence-electron chi connectivity index (χ2n) is 9.67. The van der Waals surface area contributed by atoms with Crippen molar-refractivity contribution < 1.29 is 19.4 Å². The Kier molecular flexibility index (Phi) is 4.98. The molecule has 1 aromatic carbocycles. The smallest absolute Gasteiger partial charge is 0.251 e. The zero-order valence-electron chi connectivity index (χ0n) is 18.0. The summed E-state index contributed by atoms with van der Waals surface area (Å²) in [5.74, 6) is 1.01. The van der Waals surface area contributed by atoms with E-state index >= 15 is 0 Å². The molecule has 1 heterocycles. The van der Waals surface area contributed by atoms with Crippen LogP contribution in [0.2, 0.25) is 0 Å². The third-order valence-corrected chi connectivity index (χ3v) is 7.50. The Morgan fingerprint density at radius 2 is 1.97 bits per heavy atom. The fraction of sp³-hybridized carbons (Fsp3) is 0.542. The topological polar surface area (TPSA) is 93.5 Å². The first kappa shape index (κ1) is 20.4. The van der Waals surface area contributed by atoms with Crippen LogP contribution in [0.5, 0.6) is 0 Å². The number of hydrogen-bond donors (Lipinski definition) is 2. The number of aromatic nitrogens is 2. The van der Waals surface area contributed by atoms with E-state index in [0.29, 0.717) is 40.1 Å². The fourth-order valence-electron chi connectivity index (χ4n) is 6.42. The van der Waals surface area contributed by atoms with Crippen molar-refractivity contribution in [3.05, 3.63) is 52.8 Å². The lowest BCUT2D eigenvalue weighted by molar-refractivity contribution is -0.136. The summed E-state index contributed by atoms with van der Waals surface area (Å²) in [6, 6.07) is 6.95. The number of aryl methyl sites for hydroxylation is 1. The monoisotopic (exact) mass is 423 g/mol. The van der Waals surface area contributed by atoms with Crippen LogP contribution in [0.4, 0.5) is 0 Å². The van der Waals surface area contributed by atoms with Gasteiger partial charge in [0.2, 0.25) is 5.78 Å². The van der Waals surface area contributed by atoms with E-state index in [1.807, 2.05) is 0 Å². The van der Waals surface area contributed by atoms with Crippen LogP contribution in [-0.4, -0.2) is 45.3 Å². The molecule has 2 N–H and O–H groups in total. The van der Waals surface area contributed by atoms with E-state index in [4.69, 9.17) is 4.74 Å². The predicted octanol–water partition coefficient (Wildman–Crippen LogP) is 2.47. The Balaban J connectivity index is 1.37. The molecule has 4 fully saturated rings. The van der Waals surface area contributed by atoms with Crippen LogP contribution in [0, 0.1) is 17.8 Å². The number of rotatable bonds is 6. The van der Waals surface area contributed by atoms with Gasteiger partial charge in [0.1, 0.15) is 5.69 Å². The summed E-state index contributed by atoms with van der Waals surface area (Å²) in [5, 5.41) is 18.1. The number of carbonyl (C=O) groups excluding carboxylic acids is 2. The summed E-state index contributed by atoms with van der Waals surface area (Å²) >= 11 is 0. The van der Waals surface area contributed by atoms with E-state index in [9.17, 15) is 14.7 Å². The van der Waals surface area contributed by atoms with Gasteiger partial charge in [-0.05, 0) is 73.6 Å². The molecular formula is C24H29N3O4. The van der Waals surface area contributed by atoms with Crippen LogP contribution in [0.3, 0.4) is 0 Å². The van der Waals surface area contributed by atoms with E-state index in [0.717, 1.165) is 32.1 Å². The van der Waals surface area contributed by atoms with Gasteiger partial charge >= 0.3 is 0 Å². The van der Waals surface area contributed by atoms with Crippen molar-refractivity contribution >= 4 is 11.7 Å². The summed E-state index contributed by atoms with van der Waals surface area (Å²) in [4.78, 5) is 26.1. The largest absolute Gasteiger partial charge is 0.390 e. The molecule has 0 spiro atoms. The Morgan fingerprint density at radius 1 is 1.23 bits per heavy atom. The lowest BCUT2D eigenvalue weighted by atomic mass is 9.52. The maximum atomic E-state index is 13.2.